The molecule has 168 valence electrons. The Morgan fingerprint density at radius 2 is 1.87 bits per heavy atom. The zero-order chi connectivity index (χ0) is 22.6. The van der Waals surface area contributed by atoms with E-state index in [1.165, 1.54) is 19.2 Å². The topological polar surface area (TPSA) is 115 Å². The monoisotopic (exact) mass is 467 g/mol. The molecule has 3 rings (SSSR count). The summed E-state index contributed by atoms with van der Waals surface area (Å²) >= 11 is 0.997. The smallest absolute Gasteiger partial charge is 0.309 e. The molecule has 0 atom stereocenters. The van der Waals surface area contributed by atoms with Crippen LogP contribution in [-0.2, 0) is 19.6 Å². The highest BCUT2D eigenvalue weighted by Crippen LogP contribution is 2.28. The van der Waals surface area contributed by atoms with E-state index in [0.717, 1.165) is 11.3 Å². The number of sulfonamides is 1. The second-order valence-electron chi connectivity index (χ2n) is 7.03. The number of thiazole rings is 1. The number of aryl methyl sites for hydroxylation is 1. The molecule has 0 radical (unpaired) electrons. The third-order valence-electron chi connectivity index (χ3n) is 4.98. The first-order valence-electron chi connectivity index (χ1n) is 9.85. The van der Waals surface area contributed by atoms with Gasteiger partial charge in [0.15, 0.2) is 5.13 Å². The number of carbonyl (C=O) groups excluding carboxylic acids is 2. The third-order valence-corrected chi connectivity index (χ3v) is 7.53. The summed E-state index contributed by atoms with van der Waals surface area (Å²) in [5.74, 6) is -0.0897. The summed E-state index contributed by atoms with van der Waals surface area (Å²) in [6.45, 7) is 4.65. The molecule has 1 aromatic carbocycles. The second-order valence-corrected chi connectivity index (χ2v) is 9.71. The zero-order valence-corrected chi connectivity index (χ0v) is 19.2. The number of nitrogens with zero attached hydrogens (tertiary/aromatic N) is 2. The van der Waals surface area contributed by atoms with Crippen LogP contribution in [0.1, 0.15) is 35.1 Å². The minimum absolute atomic E-state index is 0.0649. The number of ether oxygens (including phenoxy) is 2. The van der Waals surface area contributed by atoms with Crippen LogP contribution in [0.5, 0.6) is 5.75 Å². The first-order chi connectivity index (χ1) is 14.7. The number of nitrogens with one attached hydrogen (secondary N) is 1. The zero-order valence-electron chi connectivity index (χ0n) is 17.6. The summed E-state index contributed by atoms with van der Waals surface area (Å²) in [7, 11) is -2.35. The van der Waals surface area contributed by atoms with E-state index in [1.807, 2.05) is 0 Å². The van der Waals surface area contributed by atoms with Gasteiger partial charge in [0, 0.05) is 13.1 Å². The van der Waals surface area contributed by atoms with Gasteiger partial charge in [0.2, 0.25) is 0 Å². The van der Waals surface area contributed by atoms with E-state index in [2.05, 4.69) is 9.71 Å². The highest BCUT2D eigenvalue weighted by molar-refractivity contribution is 7.93. The predicted molar refractivity (Wildman–Crippen MR) is 116 cm³/mol. The van der Waals surface area contributed by atoms with Crippen molar-refractivity contribution in [3.05, 3.63) is 34.8 Å². The van der Waals surface area contributed by atoms with Gasteiger partial charge in [-0.05, 0) is 51.0 Å². The van der Waals surface area contributed by atoms with Gasteiger partial charge in [0.1, 0.15) is 10.6 Å². The molecule has 2 heterocycles. The Bertz CT molecular complexity index is 1040. The Hall–Kier alpha value is -2.66. The lowest BCUT2D eigenvalue weighted by atomic mass is 9.97. The van der Waals surface area contributed by atoms with E-state index in [-0.39, 0.29) is 27.8 Å². The SMILES string of the molecule is CCOC(=O)C1CCN(C(=O)c2sc(NS(=O)(=O)c3ccc(OC)cc3)nc2C)CC1. The fraction of sp³-hybridized carbons (Fsp3) is 0.450. The molecule has 1 amide bonds. The average Bonchev–Trinajstić information content (AvgIpc) is 3.12. The van der Waals surface area contributed by atoms with Crippen LogP contribution in [0.2, 0.25) is 0 Å². The minimum Gasteiger partial charge on any atom is -0.497 e. The third kappa shape index (κ3) is 5.34. The Labute approximate surface area is 185 Å². The van der Waals surface area contributed by atoms with E-state index in [9.17, 15) is 18.0 Å². The van der Waals surface area contributed by atoms with Crippen molar-refractivity contribution in [2.24, 2.45) is 5.92 Å². The van der Waals surface area contributed by atoms with E-state index in [0.29, 0.717) is 48.9 Å². The van der Waals surface area contributed by atoms with Crippen molar-refractivity contribution in [3.8, 4) is 5.75 Å². The summed E-state index contributed by atoms with van der Waals surface area (Å²) in [6, 6.07) is 5.97. The fourth-order valence-corrected chi connectivity index (χ4v) is 5.46. The Morgan fingerprint density at radius 1 is 1.23 bits per heavy atom. The van der Waals surface area contributed by atoms with Crippen molar-refractivity contribution in [2.45, 2.75) is 31.6 Å². The van der Waals surface area contributed by atoms with Gasteiger partial charge in [0.05, 0.1) is 30.2 Å². The fourth-order valence-electron chi connectivity index (χ4n) is 3.29. The molecule has 11 heteroatoms. The first kappa shape index (κ1) is 23.0. The van der Waals surface area contributed by atoms with E-state index in [4.69, 9.17) is 9.47 Å². The molecule has 1 saturated heterocycles. The summed E-state index contributed by atoms with van der Waals surface area (Å²) < 4.78 is 37.8. The van der Waals surface area contributed by atoms with Gasteiger partial charge in [-0.15, -0.1) is 0 Å². The molecule has 0 unspecified atom stereocenters. The minimum atomic E-state index is -3.85. The lowest BCUT2D eigenvalue weighted by Gasteiger charge is -2.30. The molecule has 1 aromatic heterocycles. The first-order valence-corrected chi connectivity index (χ1v) is 12.1. The van der Waals surface area contributed by atoms with Crippen LogP contribution >= 0.6 is 11.3 Å². The van der Waals surface area contributed by atoms with E-state index in [1.54, 1.807) is 30.9 Å². The van der Waals surface area contributed by atoms with E-state index < -0.39 is 10.0 Å². The average molecular weight is 468 g/mol. The van der Waals surface area contributed by atoms with Gasteiger partial charge >= 0.3 is 5.97 Å². The van der Waals surface area contributed by atoms with Crippen molar-refractivity contribution in [1.29, 1.82) is 0 Å². The van der Waals surface area contributed by atoms with Crippen LogP contribution in [0, 0.1) is 12.8 Å². The maximum Gasteiger partial charge on any atom is 0.309 e. The number of methoxy groups -OCH3 is 1. The molecule has 9 nitrogen and oxygen atoms in total. The van der Waals surface area contributed by atoms with Crippen molar-refractivity contribution in [2.75, 3.05) is 31.5 Å². The number of rotatable bonds is 7. The molecule has 1 N–H and O–H groups in total. The molecule has 2 aromatic rings. The number of likely N-dealkylation sites (tertiary alicyclic amines) is 1. The Morgan fingerprint density at radius 3 is 2.45 bits per heavy atom. The van der Waals surface area contributed by atoms with Crippen LogP contribution in [0.3, 0.4) is 0 Å². The number of hydrogen-bond donors (Lipinski definition) is 1. The number of esters is 1. The standard InChI is InChI=1S/C20H25N3O6S2/c1-4-29-19(25)14-9-11-23(12-10-14)18(24)17-13(2)21-20(30-17)22-31(26,27)16-7-5-15(28-3)6-8-16/h5-8,14H,4,9-12H2,1-3H3,(H,21,22). The van der Waals surface area contributed by atoms with Gasteiger partial charge in [-0.3, -0.25) is 14.3 Å². The number of benzene rings is 1. The van der Waals surface area contributed by atoms with Crippen molar-refractivity contribution < 1.29 is 27.5 Å². The highest BCUT2D eigenvalue weighted by atomic mass is 32.2. The maximum absolute atomic E-state index is 12.9. The lowest BCUT2D eigenvalue weighted by Crippen LogP contribution is -2.40. The van der Waals surface area contributed by atoms with Crippen molar-refractivity contribution in [3.63, 3.8) is 0 Å². The molecule has 0 saturated carbocycles. The number of amides is 1. The molecule has 0 bridgehead atoms. The van der Waals surface area contributed by atoms with Crippen LogP contribution in [0.4, 0.5) is 5.13 Å². The molecule has 1 aliphatic heterocycles. The van der Waals surface area contributed by atoms with Gasteiger partial charge in [-0.1, -0.05) is 11.3 Å². The number of hydrogen-bond acceptors (Lipinski definition) is 8. The molecule has 0 aliphatic carbocycles. The number of anilines is 1. The molecular weight excluding hydrogens is 442 g/mol. The number of piperidine rings is 1. The molecule has 31 heavy (non-hydrogen) atoms. The number of aromatic nitrogens is 1. The second kappa shape index (κ2) is 9.65. The van der Waals surface area contributed by atoms with Gasteiger partial charge in [-0.2, -0.15) is 0 Å². The number of carbonyl (C=O) groups is 2. The van der Waals surface area contributed by atoms with Crippen LogP contribution in [0.15, 0.2) is 29.2 Å². The predicted octanol–water partition coefficient (Wildman–Crippen LogP) is 2.68. The molecule has 1 fully saturated rings. The normalized spacial score (nSPS) is 14.9. The van der Waals surface area contributed by atoms with Crippen molar-refractivity contribution in [1.82, 2.24) is 9.88 Å². The Balaban J connectivity index is 1.67. The molecule has 1 aliphatic rings. The van der Waals surface area contributed by atoms with Gasteiger partial charge in [0.25, 0.3) is 15.9 Å². The summed E-state index contributed by atoms with van der Waals surface area (Å²) in [5.41, 5.74) is 0.454. The van der Waals surface area contributed by atoms with Gasteiger partial charge < -0.3 is 14.4 Å². The van der Waals surface area contributed by atoms with Gasteiger partial charge in [-0.25, -0.2) is 13.4 Å². The lowest BCUT2D eigenvalue weighted by molar-refractivity contribution is -0.149. The largest absolute Gasteiger partial charge is 0.497 e. The van der Waals surface area contributed by atoms with Crippen LogP contribution < -0.4 is 9.46 Å². The molecular formula is C20H25N3O6S2. The summed E-state index contributed by atoms with van der Waals surface area (Å²) in [4.78, 5) is 31.1. The Kier molecular flexibility index (Phi) is 7.16. The maximum atomic E-state index is 12.9. The van der Waals surface area contributed by atoms with Crippen molar-refractivity contribution >= 4 is 38.4 Å². The highest BCUT2D eigenvalue weighted by Gasteiger charge is 2.30. The quantitative estimate of drug-likeness (QED) is 0.623. The van der Waals surface area contributed by atoms with Crippen LogP contribution in [0.25, 0.3) is 0 Å². The molecule has 0 spiro atoms. The summed E-state index contributed by atoms with van der Waals surface area (Å²) in [5, 5.41) is 0.123. The van der Waals surface area contributed by atoms with Crippen LogP contribution in [-0.4, -0.2) is 57.0 Å². The summed E-state index contributed by atoms with van der Waals surface area (Å²) in [6.07, 6.45) is 1.08. The van der Waals surface area contributed by atoms with E-state index >= 15 is 0 Å².